The molecule has 1 aliphatic carbocycles. The van der Waals surface area contributed by atoms with Crippen LogP contribution in [-0.4, -0.2) is 51.4 Å². The quantitative estimate of drug-likeness (QED) is 0.709. The van der Waals surface area contributed by atoms with E-state index >= 15 is 0 Å². The Morgan fingerprint density at radius 2 is 1.93 bits per heavy atom. The van der Waals surface area contributed by atoms with Gasteiger partial charge in [-0.2, -0.15) is 0 Å². The number of rotatable bonds is 5. The summed E-state index contributed by atoms with van der Waals surface area (Å²) in [5.41, 5.74) is 1.09. The molecule has 0 unspecified atom stereocenters. The molecule has 30 heavy (non-hydrogen) atoms. The first-order valence-corrected chi connectivity index (χ1v) is 10.2. The van der Waals surface area contributed by atoms with Crippen LogP contribution in [0.15, 0.2) is 60.9 Å². The molecule has 2 aliphatic rings. The maximum Gasteiger partial charge on any atom is 0.273 e. The Morgan fingerprint density at radius 3 is 2.73 bits per heavy atom. The standard InChI is InChI=1S/C23H22N4O3/c28-22(25-16-8-9-16)21-12-18(30-17-5-3-11-24-13-17)14-27(21)23(29)20-10-7-15-4-1-2-6-19(15)26-20/h1-7,10-11,13,16,18,21H,8-9,12,14H2,(H,25,28)/t18-,21-/m0/s1. The zero-order valence-corrected chi connectivity index (χ0v) is 16.4. The van der Waals surface area contributed by atoms with E-state index in [9.17, 15) is 9.59 Å². The minimum Gasteiger partial charge on any atom is -0.487 e. The number of carbonyl (C=O) groups is 2. The van der Waals surface area contributed by atoms with Gasteiger partial charge in [0.2, 0.25) is 5.91 Å². The average molecular weight is 402 g/mol. The lowest BCUT2D eigenvalue weighted by molar-refractivity contribution is -0.125. The minimum atomic E-state index is -0.576. The van der Waals surface area contributed by atoms with Crippen molar-refractivity contribution in [1.82, 2.24) is 20.2 Å². The SMILES string of the molecule is O=C(NC1CC1)[C@@H]1C[C@H](Oc2cccnc2)CN1C(=O)c1ccc2ccccc2n1. The average Bonchev–Trinajstić information content (AvgIpc) is 3.50. The highest BCUT2D eigenvalue weighted by atomic mass is 16.5. The number of nitrogens with zero attached hydrogens (tertiary/aromatic N) is 3. The first-order valence-electron chi connectivity index (χ1n) is 10.2. The zero-order chi connectivity index (χ0) is 20.5. The lowest BCUT2D eigenvalue weighted by Crippen LogP contribution is -2.46. The molecular formula is C23H22N4O3. The van der Waals surface area contributed by atoms with E-state index in [0.29, 0.717) is 24.4 Å². The number of benzene rings is 1. The fourth-order valence-corrected chi connectivity index (χ4v) is 3.82. The summed E-state index contributed by atoms with van der Waals surface area (Å²) in [6.07, 6.45) is 5.45. The van der Waals surface area contributed by atoms with Crippen LogP contribution in [0.4, 0.5) is 0 Å². The first kappa shape index (κ1) is 18.5. The maximum absolute atomic E-state index is 13.3. The number of amides is 2. The van der Waals surface area contributed by atoms with Crippen molar-refractivity contribution in [3.63, 3.8) is 0 Å². The summed E-state index contributed by atoms with van der Waals surface area (Å²) in [4.78, 5) is 36.4. The highest BCUT2D eigenvalue weighted by molar-refractivity contribution is 5.98. The monoisotopic (exact) mass is 402 g/mol. The van der Waals surface area contributed by atoms with Gasteiger partial charge in [0.05, 0.1) is 18.3 Å². The molecule has 1 saturated carbocycles. The summed E-state index contributed by atoms with van der Waals surface area (Å²) in [6, 6.07) is 14.5. The number of fused-ring (bicyclic) bond motifs is 1. The zero-order valence-electron chi connectivity index (χ0n) is 16.4. The van der Waals surface area contributed by atoms with Crippen molar-refractivity contribution >= 4 is 22.7 Å². The van der Waals surface area contributed by atoms with Crippen molar-refractivity contribution in [3.8, 4) is 5.75 Å². The van der Waals surface area contributed by atoms with E-state index in [1.807, 2.05) is 36.4 Å². The molecule has 1 N–H and O–H groups in total. The first-order chi connectivity index (χ1) is 14.7. The fraction of sp³-hybridized carbons (Fsp3) is 0.304. The second-order valence-corrected chi connectivity index (χ2v) is 7.81. The molecule has 0 radical (unpaired) electrons. The third-order valence-corrected chi connectivity index (χ3v) is 5.50. The number of ether oxygens (including phenoxy) is 1. The third kappa shape index (κ3) is 3.83. The molecule has 3 aromatic rings. The molecular weight excluding hydrogens is 380 g/mol. The Balaban J connectivity index is 1.39. The van der Waals surface area contributed by atoms with E-state index in [-0.39, 0.29) is 24.0 Å². The molecule has 7 heteroatoms. The van der Waals surface area contributed by atoms with Gasteiger partial charge in [0.1, 0.15) is 23.6 Å². The van der Waals surface area contributed by atoms with Crippen LogP contribution in [0, 0.1) is 0 Å². The van der Waals surface area contributed by atoms with Crippen LogP contribution < -0.4 is 10.1 Å². The number of para-hydroxylation sites is 1. The molecule has 1 saturated heterocycles. The summed E-state index contributed by atoms with van der Waals surface area (Å²) in [5.74, 6) is 0.250. The number of likely N-dealkylation sites (tertiary alicyclic amines) is 1. The molecule has 2 atom stereocenters. The van der Waals surface area contributed by atoms with E-state index in [1.54, 1.807) is 29.4 Å². The van der Waals surface area contributed by atoms with Gasteiger partial charge in [0.25, 0.3) is 5.91 Å². The topological polar surface area (TPSA) is 84.4 Å². The van der Waals surface area contributed by atoms with Gasteiger partial charge in [-0.1, -0.05) is 24.3 Å². The van der Waals surface area contributed by atoms with Gasteiger partial charge in [-0.05, 0) is 37.1 Å². The summed E-state index contributed by atoms with van der Waals surface area (Å²) < 4.78 is 6.01. The van der Waals surface area contributed by atoms with E-state index in [1.165, 1.54) is 0 Å². The van der Waals surface area contributed by atoms with Crippen molar-refractivity contribution in [2.45, 2.75) is 37.5 Å². The molecule has 1 aromatic carbocycles. The van der Waals surface area contributed by atoms with Crippen LogP contribution in [0.2, 0.25) is 0 Å². The second kappa shape index (κ2) is 7.74. The number of hydrogen-bond donors (Lipinski definition) is 1. The van der Waals surface area contributed by atoms with Crippen molar-refractivity contribution in [1.29, 1.82) is 0 Å². The fourth-order valence-electron chi connectivity index (χ4n) is 3.82. The molecule has 0 spiro atoms. The van der Waals surface area contributed by atoms with Crippen LogP contribution in [0.25, 0.3) is 10.9 Å². The minimum absolute atomic E-state index is 0.121. The van der Waals surface area contributed by atoms with E-state index < -0.39 is 6.04 Å². The Kier molecular flexibility index (Phi) is 4.78. The van der Waals surface area contributed by atoms with Crippen molar-refractivity contribution in [3.05, 3.63) is 66.6 Å². The third-order valence-electron chi connectivity index (χ3n) is 5.50. The summed E-state index contributed by atoms with van der Waals surface area (Å²) in [6.45, 7) is 0.324. The number of nitrogens with one attached hydrogen (secondary N) is 1. The molecule has 7 nitrogen and oxygen atoms in total. The summed E-state index contributed by atoms with van der Waals surface area (Å²) >= 11 is 0. The number of aromatic nitrogens is 2. The normalized spacial score (nSPS) is 20.9. The van der Waals surface area contributed by atoms with Crippen LogP contribution in [0.1, 0.15) is 29.8 Å². The Morgan fingerprint density at radius 1 is 1.07 bits per heavy atom. The van der Waals surface area contributed by atoms with Gasteiger partial charge in [-0.25, -0.2) is 4.98 Å². The van der Waals surface area contributed by atoms with Gasteiger partial charge in [0.15, 0.2) is 0 Å². The van der Waals surface area contributed by atoms with E-state index in [2.05, 4.69) is 15.3 Å². The Labute approximate surface area is 174 Å². The predicted octanol–water partition coefficient (Wildman–Crippen LogP) is 2.57. The maximum atomic E-state index is 13.3. The molecule has 2 fully saturated rings. The lowest BCUT2D eigenvalue weighted by atomic mass is 10.1. The second-order valence-electron chi connectivity index (χ2n) is 7.81. The Bertz CT molecular complexity index is 1080. The van der Waals surface area contributed by atoms with Gasteiger partial charge in [-0.15, -0.1) is 0 Å². The van der Waals surface area contributed by atoms with Crippen LogP contribution in [0.3, 0.4) is 0 Å². The highest BCUT2D eigenvalue weighted by Gasteiger charge is 2.42. The lowest BCUT2D eigenvalue weighted by Gasteiger charge is -2.23. The number of hydrogen-bond acceptors (Lipinski definition) is 5. The molecule has 2 amide bonds. The molecule has 152 valence electrons. The van der Waals surface area contributed by atoms with Gasteiger partial charge in [0, 0.05) is 24.0 Å². The van der Waals surface area contributed by atoms with Crippen molar-refractivity contribution < 1.29 is 14.3 Å². The molecule has 0 bridgehead atoms. The summed E-state index contributed by atoms with van der Waals surface area (Å²) in [7, 11) is 0. The van der Waals surface area contributed by atoms with Crippen molar-refractivity contribution in [2.75, 3.05) is 6.54 Å². The number of pyridine rings is 2. The predicted molar refractivity (Wildman–Crippen MR) is 111 cm³/mol. The molecule has 5 rings (SSSR count). The highest BCUT2D eigenvalue weighted by Crippen LogP contribution is 2.27. The van der Waals surface area contributed by atoms with Crippen LogP contribution >= 0.6 is 0 Å². The molecule has 2 aromatic heterocycles. The largest absolute Gasteiger partial charge is 0.487 e. The van der Waals surface area contributed by atoms with Gasteiger partial charge in [-0.3, -0.25) is 14.6 Å². The molecule has 1 aliphatic heterocycles. The Hall–Kier alpha value is -3.48. The van der Waals surface area contributed by atoms with Gasteiger partial charge >= 0.3 is 0 Å². The van der Waals surface area contributed by atoms with E-state index in [4.69, 9.17) is 4.74 Å². The molecule has 3 heterocycles. The smallest absolute Gasteiger partial charge is 0.273 e. The van der Waals surface area contributed by atoms with Crippen molar-refractivity contribution in [2.24, 2.45) is 0 Å². The van der Waals surface area contributed by atoms with Crippen LogP contribution in [-0.2, 0) is 4.79 Å². The summed E-state index contributed by atoms with van der Waals surface area (Å²) in [5, 5.41) is 3.99. The van der Waals surface area contributed by atoms with Crippen LogP contribution in [0.5, 0.6) is 5.75 Å². The van der Waals surface area contributed by atoms with E-state index in [0.717, 1.165) is 23.7 Å². The number of carbonyl (C=O) groups excluding carboxylic acids is 2. The van der Waals surface area contributed by atoms with Gasteiger partial charge < -0.3 is 15.0 Å².